The number of rotatable bonds is 5. The Kier molecular flexibility index (Phi) is 4.59. The molecule has 2 rings (SSSR count). The minimum absolute atomic E-state index is 0.00794. The lowest BCUT2D eigenvalue weighted by molar-refractivity contribution is -0.326. The van der Waals surface area contributed by atoms with Crippen molar-refractivity contribution in [2.45, 2.75) is 45.2 Å². The fourth-order valence-corrected chi connectivity index (χ4v) is 2.01. The number of ether oxygens (including phenoxy) is 5. The topological polar surface area (TPSA) is 84.8 Å². The van der Waals surface area contributed by atoms with E-state index in [9.17, 15) is 4.79 Å². The average molecular weight is 289 g/mol. The second kappa shape index (κ2) is 6.04. The first-order valence-electron chi connectivity index (χ1n) is 6.47. The quantitative estimate of drug-likeness (QED) is 0.677. The normalized spacial score (nSPS) is 36.0. The molecule has 1 fully saturated rings. The maximum absolute atomic E-state index is 11.9. The van der Waals surface area contributed by atoms with E-state index in [4.69, 9.17) is 28.5 Å². The molecule has 20 heavy (non-hydrogen) atoms. The van der Waals surface area contributed by atoms with Gasteiger partial charge in [-0.2, -0.15) is 0 Å². The summed E-state index contributed by atoms with van der Waals surface area (Å²) in [5.41, 5.74) is 0.00794. The Hall–Kier alpha value is -1.22. The molecule has 2 heterocycles. The van der Waals surface area contributed by atoms with Crippen molar-refractivity contribution in [2.75, 3.05) is 20.3 Å². The molecule has 8 heteroatoms. The summed E-state index contributed by atoms with van der Waals surface area (Å²) >= 11 is 0. The minimum Gasteiger partial charge on any atom is -0.461 e. The summed E-state index contributed by atoms with van der Waals surface area (Å²) in [5.74, 6) is -1.90. The SMILES string of the molecule is CCOC(=O)C1=NO[C@H](OCC)[C@H]2OC(C)(OC)O[C@@H]12. The second-order valence-electron chi connectivity index (χ2n) is 4.31. The predicted octanol–water partition coefficient (Wildman–Crippen LogP) is 0.402. The van der Waals surface area contributed by atoms with Gasteiger partial charge in [0, 0.05) is 20.6 Å². The number of methoxy groups -OCH3 is 1. The Bertz CT molecular complexity index is 399. The molecule has 0 bridgehead atoms. The van der Waals surface area contributed by atoms with Crippen molar-refractivity contribution in [3.63, 3.8) is 0 Å². The third-order valence-electron chi connectivity index (χ3n) is 2.97. The molecule has 4 atom stereocenters. The van der Waals surface area contributed by atoms with Crippen molar-refractivity contribution in [3.8, 4) is 0 Å². The number of oxime groups is 1. The van der Waals surface area contributed by atoms with Gasteiger partial charge >= 0.3 is 5.97 Å². The Morgan fingerprint density at radius 2 is 2.10 bits per heavy atom. The van der Waals surface area contributed by atoms with E-state index in [2.05, 4.69) is 5.16 Å². The van der Waals surface area contributed by atoms with Gasteiger partial charge in [-0.1, -0.05) is 5.16 Å². The molecule has 0 N–H and O–H groups in total. The third-order valence-corrected chi connectivity index (χ3v) is 2.97. The molecule has 2 aliphatic heterocycles. The highest BCUT2D eigenvalue weighted by atomic mass is 16.9. The zero-order chi connectivity index (χ0) is 14.8. The van der Waals surface area contributed by atoms with Gasteiger partial charge < -0.3 is 28.5 Å². The first kappa shape index (κ1) is 15.2. The van der Waals surface area contributed by atoms with Crippen molar-refractivity contribution < 1.29 is 33.3 Å². The van der Waals surface area contributed by atoms with Crippen molar-refractivity contribution in [3.05, 3.63) is 0 Å². The molecular formula is C12H19NO7. The molecule has 8 nitrogen and oxygen atoms in total. The number of fused-ring (bicyclic) bond motifs is 1. The van der Waals surface area contributed by atoms with Crippen LogP contribution in [0.1, 0.15) is 20.8 Å². The van der Waals surface area contributed by atoms with Crippen LogP contribution in [0.2, 0.25) is 0 Å². The van der Waals surface area contributed by atoms with Crippen LogP contribution in [0.15, 0.2) is 5.16 Å². The van der Waals surface area contributed by atoms with Crippen molar-refractivity contribution >= 4 is 11.7 Å². The van der Waals surface area contributed by atoms with Crippen LogP contribution in [0.5, 0.6) is 0 Å². The van der Waals surface area contributed by atoms with Gasteiger partial charge in [0.25, 0.3) is 12.3 Å². The first-order chi connectivity index (χ1) is 9.54. The summed E-state index contributed by atoms with van der Waals surface area (Å²) in [6.45, 7) is 5.75. The van der Waals surface area contributed by atoms with Crippen LogP contribution in [0.3, 0.4) is 0 Å². The van der Waals surface area contributed by atoms with E-state index in [1.807, 2.05) is 6.92 Å². The smallest absolute Gasteiger partial charge is 0.359 e. The predicted molar refractivity (Wildman–Crippen MR) is 65.7 cm³/mol. The standard InChI is InChI=1S/C12H19NO7/c1-5-16-10(14)7-8-9(11(17-6-2)20-13-7)19-12(3,15-4)18-8/h8-9,11H,5-6H2,1-4H3/t8-,9-,11-,12?/m0/s1. The van der Waals surface area contributed by atoms with Gasteiger partial charge in [-0.25, -0.2) is 4.79 Å². The molecule has 0 aromatic carbocycles. The zero-order valence-electron chi connectivity index (χ0n) is 12.0. The lowest BCUT2D eigenvalue weighted by Gasteiger charge is -2.28. The number of carbonyl (C=O) groups excluding carboxylic acids is 1. The Labute approximate surface area is 116 Å². The van der Waals surface area contributed by atoms with Crippen molar-refractivity contribution in [1.29, 1.82) is 0 Å². The molecule has 1 saturated heterocycles. The lowest BCUT2D eigenvalue weighted by Crippen LogP contribution is -2.48. The number of hydrogen-bond donors (Lipinski definition) is 0. The minimum atomic E-state index is -1.29. The van der Waals surface area contributed by atoms with E-state index < -0.39 is 30.4 Å². The lowest BCUT2D eigenvalue weighted by atomic mass is 10.1. The van der Waals surface area contributed by atoms with Gasteiger partial charge in [0.2, 0.25) is 0 Å². The van der Waals surface area contributed by atoms with Gasteiger partial charge in [-0.15, -0.1) is 0 Å². The molecule has 0 saturated carbocycles. The Balaban J connectivity index is 2.22. The number of esters is 1. The number of nitrogens with zero attached hydrogens (tertiary/aromatic N) is 1. The van der Waals surface area contributed by atoms with Crippen LogP contribution in [0, 0.1) is 0 Å². The molecule has 0 aliphatic carbocycles. The Morgan fingerprint density at radius 1 is 1.35 bits per heavy atom. The average Bonchev–Trinajstić information content (AvgIpc) is 2.78. The van der Waals surface area contributed by atoms with E-state index in [0.717, 1.165) is 0 Å². The highest BCUT2D eigenvalue weighted by Crippen LogP contribution is 2.35. The maximum Gasteiger partial charge on any atom is 0.359 e. The summed E-state index contributed by atoms with van der Waals surface area (Å²) in [6.07, 6.45) is -2.18. The molecular weight excluding hydrogens is 270 g/mol. The fraction of sp³-hybridized carbons (Fsp3) is 0.833. The highest BCUT2D eigenvalue weighted by Gasteiger charge is 2.55. The number of carbonyl (C=O) groups is 1. The maximum atomic E-state index is 11.9. The number of hydrogen-bond acceptors (Lipinski definition) is 8. The van der Waals surface area contributed by atoms with E-state index in [1.165, 1.54) is 7.11 Å². The summed E-state index contributed by atoms with van der Waals surface area (Å²) in [6, 6.07) is 0. The molecule has 2 aliphatic rings. The molecule has 0 spiro atoms. The Morgan fingerprint density at radius 3 is 2.70 bits per heavy atom. The molecule has 114 valence electrons. The highest BCUT2D eigenvalue weighted by molar-refractivity contribution is 6.38. The molecule has 0 radical (unpaired) electrons. The van der Waals surface area contributed by atoms with Crippen LogP contribution in [-0.2, 0) is 33.3 Å². The van der Waals surface area contributed by atoms with E-state index in [-0.39, 0.29) is 12.3 Å². The summed E-state index contributed by atoms with van der Waals surface area (Å²) < 4.78 is 26.7. The van der Waals surface area contributed by atoms with Crippen molar-refractivity contribution in [2.24, 2.45) is 5.16 Å². The fourth-order valence-electron chi connectivity index (χ4n) is 2.01. The largest absolute Gasteiger partial charge is 0.461 e. The van der Waals surface area contributed by atoms with Crippen LogP contribution in [0.25, 0.3) is 0 Å². The molecule has 1 unspecified atom stereocenters. The zero-order valence-corrected chi connectivity index (χ0v) is 12.0. The monoisotopic (exact) mass is 289 g/mol. The molecule has 0 aromatic heterocycles. The van der Waals surface area contributed by atoms with Crippen LogP contribution in [-0.4, -0.2) is 56.5 Å². The van der Waals surface area contributed by atoms with Crippen LogP contribution in [0.4, 0.5) is 0 Å². The van der Waals surface area contributed by atoms with Gasteiger partial charge in [-0.05, 0) is 13.8 Å². The van der Waals surface area contributed by atoms with E-state index in [1.54, 1.807) is 13.8 Å². The summed E-state index contributed by atoms with van der Waals surface area (Å²) in [5, 5.41) is 3.75. The molecule has 0 aromatic rings. The third kappa shape index (κ3) is 2.78. The van der Waals surface area contributed by atoms with Gasteiger partial charge in [0.15, 0.2) is 11.8 Å². The van der Waals surface area contributed by atoms with Gasteiger partial charge in [0.1, 0.15) is 6.10 Å². The van der Waals surface area contributed by atoms with Gasteiger partial charge in [-0.3, -0.25) is 0 Å². The summed E-state index contributed by atoms with van der Waals surface area (Å²) in [7, 11) is 1.44. The second-order valence-corrected chi connectivity index (χ2v) is 4.31. The van der Waals surface area contributed by atoms with Crippen molar-refractivity contribution in [1.82, 2.24) is 0 Å². The van der Waals surface area contributed by atoms with E-state index >= 15 is 0 Å². The molecule has 0 amide bonds. The van der Waals surface area contributed by atoms with Gasteiger partial charge in [0.05, 0.1) is 6.61 Å². The first-order valence-corrected chi connectivity index (χ1v) is 6.47. The van der Waals surface area contributed by atoms with Crippen LogP contribution < -0.4 is 0 Å². The van der Waals surface area contributed by atoms with Crippen LogP contribution >= 0.6 is 0 Å². The van der Waals surface area contributed by atoms with E-state index in [0.29, 0.717) is 6.61 Å². The summed E-state index contributed by atoms with van der Waals surface area (Å²) in [4.78, 5) is 17.0.